The largest absolute Gasteiger partial charge is 0.265 e. The summed E-state index contributed by atoms with van der Waals surface area (Å²) in [6.45, 7) is 3.90. The predicted molar refractivity (Wildman–Crippen MR) is 81.4 cm³/mol. The Labute approximate surface area is 129 Å². The summed E-state index contributed by atoms with van der Waals surface area (Å²) in [6.07, 6.45) is 5.95. The molecule has 2 rings (SSSR count). The molecule has 0 spiro atoms. The van der Waals surface area contributed by atoms with Gasteiger partial charge in [-0.25, -0.2) is 13.1 Å². The molecule has 0 saturated heterocycles. The van der Waals surface area contributed by atoms with Crippen molar-refractivity contribution in [3.05, 3.63) is 53.6 Å². The Morgan fingerprint density at radius 2 is 1.81 bits per heavy atom. The highest BCUT2D eigenvalue weighted by atomic mass is 35.5. The molecule has 2 heterocycles. The first-order valence-electron chi connectivity index (χ1n) is 6.43. The summed E-state index contributed by atoms with van der Waals surface area (Å²) >= 11 is 5.80. The quantitative estimate of drug-likeness (QED) is 0.917. The van der Waals surface area contributed by atoms with Gasteiger partial charge in [-0.15, -0.1) is 0 Å². The molecule has 0 radical (unpaired) electrons. The SMILES string of the molecule is CC(C)[C@@H](NS(=O)(=O)c1cncc(Cl)c1)c1ccncc1. The van der Waals surface area contributed by atoms with E-state index in [0.717, 1.165) is 5.56 Å². The van der Waals surface area contributed by atoms with Gasteiger partial charge in [-0.1, -0.05) is 25.4 Å². The Hall–Kier alpha value is -1.50. The molecule has 0 aliphatic carbocycles. The molecular weight excluding hydrogens is 310 g/mol. The van der Waals surface area contributed by atoms with Crippen molar-refractivity contribution in [2.75, 3.05) is 0 Å². The summed E-state index contributed by atoms with van der Waals surface area (Å²) in [6, 6.07) is 4.62. The van der Waals surface area contributed by atoms with Crippen LogP contribution in [-0.2, 0) is 10.0 Å². The Bertz CT molecular complexity index is 705. The van der Waals surface area contributed by atoms with Gasteiger partial charge in [0.05, 0.1) is 5.02 Å². The van der Waals surface area contributed by atoms with Crippen LogP contribution < -0.4 is 4.72 Å². The number of nitrogens with one attached hydrogen (secondary N) is 1. The van der Waals surface area contributed by atoms with E-state index in [1.807, 2.05) is 13.8 Å². The Balaban J connectivity index is 2.33. The van der Waals surface area contributed by atoms with E-state index in [1.54, 1.807) is 24.5 Å². The maximum absolute atomic E-state index is 12.4. The molecule has 7 heteroatoms. The standard InChI is InChI=1S/C14H16ClN3O2S/c1-10(2)14(11-3-5-16-6-4-11)18-21(19,20)13-7-12(15)8-17-9-13/h3-10,14,18H,1-2H3/t14-/m1/s1. The smallest absolute Gasteiger partial charge is 0.242 e. The van der Waals surface area contributed by atoms with Crippen LogP contribution >= 0.6 is 11.6 Å². The fraction of sp³-hybridized carbons (Fsp3) is 0.286. The van der Waals surface area contributed by atoms with Crippen molar-refractivity contribution < 1.29 is 8.42 Å². The molecule has 21 heavy (non-hydrogen) atoms. The minimum atomic E-state index is -3.69. The fourth-order valence-corrected chi connectivity index (χ4v) is 3.53. The van der Waals surface area contributed by atoms with Crippen molar-refractivity contribution >= 4 is 21.6 Å². The van der Waals surface area contributed by atoms with Gasteiger partial charge in [-0.2, -0.15) is 0 Å². The molecule has 1 N–H and O–H groups in total. The number of rotatable bonds is 5. The van der Waals surface area contributed by atoms with Gasteiger partial charge in [-0.3, -0.25) is 9.97 Å². The Morgan fingerprint density at radius 1 is 1.14 bits per heavy atom. The molecule has 2 aromatic heterocycles. The molecular formula is C14H16ClN3O2S. The molecule has 0 bridgehead atoms. The van der Waals surface area contributed by atoms with E-state index in [-0.39, 0.29) is 21.9 Å². The van der Waals surface area contributed by atoms with Gasteiger partial charge < -0.3 is 0 Å². The lowest BCUT2D eigenvalue weighted by Gasteiger charge is -2.22. The van der Waals surface area contributed by atoms with Crippen LogP contribution in [0.3, 0.4) is 0 Å². The summed E-state index contributed by atoms with van der Waals surface area (Å²) in [7, 11) is -3.69. The second kappa shape index (κ2) is 6.51. The fourth-order valence-electron chi connectivity index (χ4n) is 1.93. The first-order valence-corrected chi connectivity index (χ1v) is 8.29. The van der Waals surface area contributed by atoms with Crippen LogP contribution in [0.25, 0.3) is 0 Å². The lowest BCUT2D eigenvalue weighted by molar-refractivity contribution is 0.462. The Kier molecular flexibility index (Phi) is 4.92. The van der Waals surface area contributed by atoms with E-state index in [4.69, 9.17) is 11.6 Å². The van der Waals surface area contributed by atoms with Gasteiger partial charge in [0.15, 0.2) is 0 Å². The molecule has 0 amide bonds. The zero-order valence-corrected chi connectivity index (χ0v) is 13.3. The summed E-state index contributed by atoms with van der Waals surface area (Å²) in [4.78, 5) is 7.81. The molecule has 0 fully saturated rings. The van der Waals surface area contributed by atoms with Gasteiger partial charge in [0, 0.05) is 30.8 Å². The van der Waals surface area contributed by atoms with Crippen molar-refractivity contribution in [2.45, 2.75) is 24.8 Å². The molecule has 2 aromatic rings. The van der Waals surface area contributed by atoms with Gasteiger partial charge in [-0.05, 0) is 29.7 Å². The topological polar surface area (TPSA) is 72.0 Å². The highest BCUT2D eigenvalue weighted by Crippen LogP contribution is 2.24. The maximum atomic E-state index is 12.4. The monoisotopic (exact) mass is 325 g/mol. The van der Waals surface area contributed by atoms with Gasteiger partial charge in [0.2, 0.25) is 10.0 Å². The third-order valence-corrected chi connectivity index (χ3v) is 4.62. The normalized spacial score (nSPS) is 13.3. The van der Waals surface area contributed by atoms with E-state index in [1.165, 1.54) is 18.5 Å². The number of hydrogen-bond acceptors (Lipinski definition) is 4. The van der Waals surface area contributed by atoms with Crippen molar-refractivity contribution in [3.8, 4) is 0 Å². The summed E-state index contributed by atoms with van der Waals surface area (Å²) in [5.41, 5.74) is 0.860. The highest BCUT2D eigenvalue weighted by molar-refractivity contribution is 7.89. The molecule has 0 unspecified atom stereocenters. The second-order valence-corrected chi connectivity index (χ2v) is 7.11. The minimum absolute atomic E-state index is 0.0507. The number of halogens is 1. The maximum Gasteiger partial charge on any atom is 0.242 e. The van der Waals surface area contributed by atoms with E-state index < -0.39 is 10.0 Å². The van der Waals surface area contributed by atoms with E-state index >= 15 is 0 Å². The minimum Gasteiger partial charge on any atom is -0.265 e. The number of pyridine rings is 2. The third-order valence-electron chi connectivity index (χ3n) is 3.00. The second-order valence-electron chi connectivity index (χ2n) is 4.96. The van der Waals surface area contributed by atoms with Crippen LogP contribution in [-0.4, -0.2) is 18.4 Å². The predicted octanol–water partition coefficient (Wildman–Crippen LogP) is 2.81. The highest BCUT2D eigenvalue weighted by Gasteiger charge is 2.24. The van der Waals surface area contributed by atoms with E-state index in [2.05, 4.69) is 14.7 Å². The lowest BCUT2D eigenvalue weighted by atomic mass is 9.98. The van der Waals surface area contributed by atoms with Crippen molar-refractivity contribution in [1.82, 2.24) is 14.7 Å². The van der Waals surface area contributed by atoms with E-state index in [0.29, 0.717) is 0 Å². The zero-order valence-electron chi connectivity index (χ0n) is 11.7. The average Bonchev–Trinajstić information content (AvgIpc) is 2.45. The first kappa shape index (κ1) is 15.9. The zero-order chi connectivity index (χ0) is 15.5. The average molecular weight is 326 g/mol. The molecule has 0 saturated carbocycles. The van der Waals surface area contributed by atoms with Gasteiger partial charge >= 0.3 is 0 Å². The summed E-state index contributed by atoms with van der Waals surface area (Å²) in [5, 5.41) is 0.280. The van der Waals surface area contributed by atoms with Gasteiger partial charge in [0.25, 0.3) is 0 Å². The molecule has 1 atom stereocenters. The number of sulfonamides is 1. The molecule has 0 aliphatic heterocycles. The Morgan fingerprint density at radius 3 is 2.38 bits per heavy atom. The van der Waals surface area contributed by atoms with Gasteiger partial charge in [0.1, 0.15) is 4.90 Å². The van der Waals surface area contributed by atoms with Crippen molar-refractivity contribution in [1.29, 1.82) is 0 Å². The van der Waals surface area contributed by atoms with Crippen molar-refractivity contribution in [2.24, 2.45) is 5.92 Å². The first-order chi connectivity index (χ1) is 9.90. The molecule has 5 nitrogen and oxygen atoms in total. The summed E-state index contributed by atoms with van der Waals surface area (Å²) < 4.78 is 27.6. The number of hydrogen-bond donors (Lipinski definition) is 1. The van der Waals surface area contributed by atoms with Crippen LogP contribution in [0.1, 0.15) is 25.5 Å². The summed E-state index contributed by atoms with van der Waals surface area (Å²) in [5.74, 6) is 0.0781. The van der Waals surface area contributed by atoms with E-state index in [9.17, 15) is 8.42 Å². The third kappa shape index (κ3) is 4.00. The molecule has 112 valence electrons. The van der Waals surface area contributed by atoms with Crippen LogP contribution in [0.4, 0.5) is 0 Å². The molecule has 0 aliphatic rings. The number of aromatic nitrogens is 2. The lowest BCUT2D eigenvalue weighted by Crippen LogP contribution is -2.31. The molecule has 0 aromatic carbocycles. The number of nitrogens with zero attached hydrogens (tertiary/aromatic N) is 2. The van der Waals surface area contributed by atoms with Crippen LogP contribution in [0.5, 0.6) is 0 Å². The van der Waals surface area contributed by atoms with Crippen LogP contribution in [0.15, 0.2) is 47.9 Å². The van der Waals surface area contributed by atoms with Crippen LogP contribution in [0.2, 0.25) is 5.02 Å². The van der Waals surface area contributed by atoms with Crippen molar-refractivity contribution in [3.63, 3.8) is 0 Å². The van der Waals surface area contributed by atoms with Crippen LogP contribution in [0, 0.1) is 5.92 Å².